The van der Waals surface area contributed by atoms with E-state index < -0.39 is 45.9 Å². The molecule has 1 saturated heterocycles. The van der Waals surface area contributed by atoms with E-state index in [0.717, 1.165) is 0 Å². The molecule has 0 aromatic carbocycles. The molecule has 2 bridgehead atoms. The van der Waals surface area contributed by atoms with Crippen molar-refractivity contribution in [2.75, 3.05) is 6.61 Å². The van der Waals surface area contributed by atoms with Crippen molar-refractivity contribution in [3.63, 3.8) is 0 Å². The number of carbonyl (C=O) groups is 2. The molecule has 8 atom stereocenters. The van der Waals surface area contributed by atoms with Gasteiger partial charge < -0.3 is 29.9 Å². The number of aliphatic hydroxyl groups excluding tert-OH is 1. The molecule has 3 aliphatic carbocycles. The van der Waals surface area contributed by atoms with Crippen LogP contribution in [0.15, 0.2) is 11.6 Å². The Labute approximate surface area is 169 Å². The first-order valence-corrected chi connectivity index (χ1v) is 10.2. The normalized spacial score (nSPS) is 51.6. The minimum atomic E-state index is -2.18. The highest BCUT2D eigenvalue weighted by atomic mass is 16.6. The molecule has 4 N–H and O–H groups in total. The molecule has 0 aromatic heterocycles. The van der Waals surface area contributed by atoms with Crippen LogP contribution >= 0.6 is 0 Å². The first-order valence-electron chi connectivity index (χ1n) is 10.2. The van der Waals surface area contributed by atoms with Crippen molar-refractivity contribution in [1.29, 1.82) is 0 Å². The SMILES string of the molecule is CC(=O)OCC(C)C1=C[C@]2(O)C34OC(=O)C[C@@](C)(C3(O)CC[C@H](C)C4O)[C@]2(O)C1. The van der Waals surface area contributed by atoms with Gasteiger partial charge in [-0.25, -0.2) is 0 Å². The Balaban J connectivity index is 1.89. The van der Waals surface area contributed by atoms with Gasteiger partial charge in [-0.3, -0.25) is 9.59 Å². The second-order valence-corrected chi connectivity index (χ2v) is 9.77. The van der Waals surface area contributed by atoms with Gasteiger partial charge >= 0.3 is 11.9 Å². The van der Waals surface area contributed by atoms with Gasteiger partial charge in [0.15, 0.2) is 5.60 Å². The summed E-state index contributed by atoms with van der Waals surface area (Å²) in [6, 6.07) is 0. The Hall–Kier alpha value is -1.48. The fourth-order valence-corrected chi connectivity index (χ4v) is 6.58. The van der Waals surface area contributed by atoms with Gasteiger partial charge in [0.05, 0.1) is 13.0 Å². The van der Waals surface area contributed by atoms with Crippen LogP contribution in [0.5, 0.6) is 0 Å². The monoisotopic (exact) mass is 410 g/mol. The van der Waals surface area contributed by atoms with Gasteiger partial charge in [-0.15, -0.1) is 0 Å². The average Bonchev–Trinajstić information content (AvgIpc) is 2.94. The van der Waals surface area contributed by atoms with Gasteiger partial charge in [0.2, 0.25) is 5.60 Å². The van der Waals surface area contributed by atoms with Gasteiger partial charge in [0, 0.05) is 24.7 Å². The lowest BCUT2D eigenvalue weighted by atomic mass is 9.56. The van der Waals surface area contributed by atoms with Crippen LogP contribution in [-0.4, -0.2) is 67.5 Å². The maximum Gasteiger partial charge on any atom is 0.307 e. The second kappa shape index (κ2) is 5.81. The summed E-state index contributed by atoms with van der Waals surface area (Å²) in [5.41, 5.74) is -8.75. The molecule has 1 aliphatic heterocycles. The van der Waals surface area contributed by atoms with E-state index in [2.05, 4.69) is 0 Å². The van der Waals surface area contributed by atoms with Crippen LogP contribution in [0.3, 0.4) is 0 Å². The largest absolute Gasteiger partial charge is 0.465 e. The molecule has 8 heteroatoms. The number of rotatable bonds is 3. The van der Waals surface area contributed by atoms with Crippen LogP contribution in [0.4, 0.5) is 0 Å². The molecule has 4 aliphatic rings. The molecular formula is C21H30O8. The minimum absolute atomic E-state index is 0.0236. The summed E-state index contributed by atoms with van der Waals surface area (Å²) in [5, 5.41) is 46.9. The Morgan fingerprint density at radius 3 is 2.59 bits per heavy atom. The number of carbonyl (C=O) groups excluding carboxylic acids is 2. The number of fused-ring (bicyclic) bond motifs is 2. The number of ether oxygens (including phenoxy) is 2. The molecule has 0 spiro atoms. The third-order valence-electron chi connectivity index (χ3n) is 8.35. The summed E-state index contributed by atoms with van der Waals surface area (Å²) in [6.45, 7) is 6.53. The van der Waals surface area contributed by atoms with E-state index in [-0.39, 0.29) is 37.7 Å². The molecule has 29 heavy (non-hydrogen) atoms. The third kappa shape index (κ3) is 2.03. The van der Waals surface area contributed by atoms with Crippen molar-refractivity contribution in [2.24, 2.45) is 17.3 Å². The molecule has 0 amide bonds. The van der Waals surface area contributed by atoms with E-state index in [9.17, 15) is 30.0 Å². The highest BCUT2D eigenvalue weighted by Gasteiger charge is 2.93. The van der Waals surface area contributed by atoms with Crippen molar-refractivity contribution >= 4 is 11.9 Å². The van der Waals surface area contributed by atoms with Gasteiger partial charge in [0.1, 0.15) is 17.3 Å². The Bertz CT molecular complexity index is 809. The minimum Gasteiger partial charge on any atom is -0.465 e. The molecule has 4 rings (SSSR count). The number of aliphatic hydroxyl groups is 4. The van der Waals surface area contributed by atoms with Crippen LogP contribution in [0.1, 0.15) is 53.4 Å². The fourth-order valence-electron chi connectivity index (χ4n) is 6.58. The zero-order chi connectivity index (χ0) is 21.6. The van der Waals surface area contributed by atoms with Gasteiger partial charge in [-0.1, -0.05) is 26.3 Å². The van der Waals surface area contributed by atoms with Gasteiger partial charge in [-0.05, 0) is 24.8 Å². The average molecular weight is 410 g/mol. The van der Waals surface area contributed by atoms with Crippen molar-refractivity contribution < 1.29 is 39.5 Å². The summed E-state index contributed by atoms with van der Waals surface area (Å²) in [7, 11) is 0. The molecule has 4 unspecified atom stereocenters. The van der Waals surface area contributed by atoms with Crippen molar-refractivity contribution in [1.82, 2.24) is 0 Å². The van der Waals surface area contributed by atoms with Crippen molar-refractivity contribution in [2.45, 2.75) is 81.9 Å². The number of hydrogen-bond acceptors (Lipinski definition) is 8. The predicted octanol–water partition coefficient (Wildman–Crippen LogP) is 0.205. The molecule has 2 saturated carbocycles. The zero-order valence-electron chi connectivity index (χ0n) is 17.3. The smallest absolute Gasteiger partial charge is 0.307 e. The zero-order valence-corrected chi connectivity index (χ0v) is 17.3. The topological polar surface area (TPSA) is 134 Å². The molecule has 162 valence electrons. The van der Waals surface area contributed by atoms with Crippen LogP contribution < -0.4 is 0 Å². The van der Waals surface area contributed by atoms with Crippen molar-refractivity contribution in [3.05, 3.63) is 11.6 Å². The Morgan fingerprint density at radius 2 is 1.97 bits per heavy atom. The van der Waals surface area contributed by atoms with E-state index in [1.165, 1.54) is 13.0 Å². The van der Waals surface area contributed by atoms with E-state index in [1.807, 2.05) is 0 Å². The molecule has 8 nitrogen and oxygen atoms in total. The van der Waals surface area contributed by atoms with Crippen LogP contribution in [-0.2, 0) is 19.1 Å². The lowest BCUT2D eigenvalue weighted by Gasteiger charge is -2.59. The molecule has 3 fully saturated rings. The summed E-state index contributed by atoms with van der Waals surface area (Å²) < 4.78 is 10.7. The predicted molar refractivity (Wildman–Crippen MR) is 99.3 cm³/mol. The summed E-state index contributed by atoms with van der Waals surface area (Å²) in [4.78, 5) is 23.7. The van der Waals surface area contributed by atoms with E-state index in [4.69, 9.17) is 9.47 Å². The van der Waals surface area contributed by atoms with E-state index >= 15 is 0 Å². The quantitative estimate of drug-likeness (QED) is 0.383. The lowest BCUT2D eigenvalue weighted by molar-refractivity contribution is -0.305. The first kappa shape index (κ1) is 20.8. The highest BCUT2D eigenvalue weighted by molar-refractivity contribution is 5.76. The van der Waals surface area contributed by atoms with E-state index in [0.29, 0.717) is 12.0 Å². The fraction of sp³-hybridized carbons (Fsp3) is 0.810. The Morgan fingerprint density at radius 1 is 1.31 bits per heavy atom. The number of esters is 2. The van der Waals surface area contributed by atoms with Gasteiger partial charge in [-0.2, -0.15) is 0 Å². The lowest BCUT2D eigenvalue weighted by Crippen LogP contribution is -2.76. The van der Waals surface area contributed by atoms with E-state index in [1.54, 1.807) is 20.8 Å². The standard InChI is InChI=1S/C21H30O8/c1-11-5-6-18(25)17(4)9-15(23)29-21(18,16(11)24)20(27)8-14(7-19(17,20)26)12(2)10-28-13(3)22/h8,11-12,16,24-27H,5-7,9-10H2,1-4H3/t11-,12?,16?,17-,18?,19+,20+,21?/m0/s1. The maximum atomic E-state index is 12.5. The summed E-state index contributed by atoms with van der Waals surface area (Å²) >= 11 is 0. The first-order chi connectivity index (χ1) is 13.3. The third-order valence-corrected chi connectivity index (χ3v) is 8.35. The molecule has 1 heterocycles. The van der Waals surface area contributed by atoms with Crippen LogP contribution in [0, 0.1) is 17.3 Å². The molecule has 0 radical (unpaired) electrons. The van der Waals surface area contributed by atoms with Gasteiger partial charge in [0.25, 0.3) is 0 Å². The Kier molecular flexibility index (Phi) is 4.16. The maximum absolute atomic E-state index is 12.5. The summed E-state index contributed by atoms with van der Waals surface area (Å²) in [6.07, 6.45) is 0.430. The summed E-state index contributed by atoms with van der Waals surface area (Å²) in [5.74, 6) is -1.76. The molecular weight excluding hydrogens is 380 g/mol. The molecule has 0 aromatic rings. The van der Waals surface area contributed by atoms with Crippen LogP contribution in [0.2, 0.25) is 0 Å². The second-order valence-electron chi connectivity index (χ2n) is 9.77. The highest BCUT2D eigenvalue weighted by Crippen LogP contribution is 2.75. The van der Waals surface area contributed by atoms with Crippen LogP contribution in [0.25, 0.3) is 0 Å². The van der Waals surface area contributed by atoms with Crippen molar-refractivity contribution in [3.8, 4) is 0 Å². The number of hydrogen-bond donors (Lipinski definition) is 4.